The van der Waals surface area contributed by atoms with Gasteiger partial charge in [0, 0.05) is 29.3 Å². The number of ether oxygens (including phenoxy) is 2. The Morgan fingerprint density at radius 2 is 2.10 bits per heavy atom. The van der Waals surface area contributed by atoms with Gasteiger partial charge in [-0.05, 0) is 25.8 Å². The molecule has 0 spiro atoms. The van der Waals surface area contributed by atoms with E-state index in [1.54, 1.807) is 25.1 Å². The second-order valence-electron chi connectivity index (χ2n) is 7.23. The first kappa shape index (κ1) is 21.2. The smallest absolute Gasteiger partial charge is 0.336 e. The van der Waals surface area contributed by atoms with Crippen LogP contribution < -0.4 is 11.1 Å². The van der Waals surface area contributed by atoms with Crippen LogP contribution in [0.3, 0.4) is 0 Å². The average molecular weight is 402 g/mol. The van der Waals surface area contributed by atoms with E-state index in [-0.39, 0.29) is 36.1 Å². The summed E-state index contributed by atoms with van der Waals surface area (Å²) in [7, 11) is 0. The number of Topliss-reactive ketones (excluding diaryl/α,β-unsaturated/α-hetero) is 1. The number of hydrogen-bond acceptors (Lipinski definition) is 6. The van der Waals surface area contributed by atoms with Crippen molar-refractivity contribution in [2.45, 2.75) is 32.6 Å². The van der Waals surface area contributed by atoms with E-state index in [0.717, 1.165) is 5.70 Å². The number of esters is 1. The molecule has 3 rings (SSSR count). The summed E-state index contributed by atoms with van der Waals surface area (Å²) < 4.78 is 25.7. The first-order chi connectivity index (χ1) is 14.0. The standard InChI is InChI=1S/C22H27FN2O4/c1-3-29-22(27)20-17(12-28-11-10-24)25-16-9-8-13(2)21(26)19(16)18(20)14-6-4-5-7-15(14)23/h4-7,13,18,25H,3,8-12,24H2,1-2H3. The summed E-state index contributed by atoms with van der Waals surface area (Å²) in [5, 5.41) is 3.22. The molecule has 0 aromatic heterocycles. The van der Waals surface area contributed by atoms with E-state index in [1.165, 1.54) is 6.07 Å². The molecule has 0 bridgehead atoms. The molecule has 3 N–H and O–H groups in total. The number of carbonyl (C=O) groups is 2. The molecular formula is C22H27FN2O4. The van der Waals surface area contributed by atoms with Crippen LogP contribution in [0.5, 0.6) is 0 Å². The zero-order valence-electron chi connectivity index (χ0n) is 16.8. The third-order valence-electron chi connectivity index (χ3n) is 5.29. The van der Waals surface area contributed by atoms with Crippen molar-refractivity contribution in [2.24, 2.45) is 11.7 Å². The third-order valence-corrected chi connectivity index (χ3v) is 5.29. The van der Waals surface area contributed by atoms with Crippen LogP contribution in [0.4, 0.5) is 4.39 Å². The average Bonchev–Trinajstić information content (AvgIpc) is 2.71. The van der Waals surface area contributed by atoms with Crippen molar-refractivity contribution < 1.29 is 23.5 Å². The van der Waals surface area contributed by atoms with Crippen molar-refractivity contribution in [1.29, 1.82) is 0 Å². The number of rotatable bonds is 7. The van der Waals surface area contributed by atoms with Gasteiger partial charge in [0.15, 0.2) is 5.78 Å². The number of benzene rings is 1. The van der Waals surface area contributed by atoms with Crippen molar-refractivity contribution in [2.75, 3.05) is 26.4 Å². The lowest BCUT2D eigenvalue weighted by atomic mass is 9.72. The maximum Gasteiger partial charge on any atom is 0.336 e. The van der Waals surface area contributed by atoms with E-state index >= 15 is 0 Å². The molecule has 6 nitrogen and oxygen atoms in total. The van der Waals surface area contributed by atoms with E-state index in [1.807, 2.05) is 6.92 Å². The molecule has 0 saturated heterocycles. The Bertz CT molecular complexity index is 862. The van der Waals surface area contributed by atoms with Crippen LogP contribution in [0, 0.1) is 11.7 Å². The second-order valence-corrected chi connectivity index (χ2v) is 7.23. The molecule has 1 aliphatic carbocycles. The van der Waals surface area contributed by atoms with Gasteiger partial charge in [0.25, 0.3) is 0 Å². The van der Waals surface area contributed by atoms with Gasteiger partial charge >= 0.3 is 5.97 Å². The lowest BCUT2D eigenvalue weighted by Gasteiger charge is -2.36. The van der Waals surface area contributed by atoms with Crippen molar-refractivity contribution >= 4 is 11.8 Å². The Morgan fingerprint density at radius 3 is 2.79 bits per heavy atom. The van der Waals surface area contributed by atoms with Crippen LogP contribution in [0.15, 0.2) is 46.8 Å². The molecule has 1 aromatic carbocycles. The number of carbonyl (C=O) groups excluding carboxylic acids is 2. The van der Waals surface area contributed by atoms with Crippen LogP contribution in [-0.4, -0.2) is 38.1 Å². The SMILES string of the molecule is CCOC(=O)C1=C(COCCN)NC2=C(C(=O)C(C)CC2)C1c1ccccc1F. The summed E-state index contributed by atoms with van der Waals surface area (Å²) in [6, 6.07) is 6.23. The van der Waals surface area contributed by atoms with Crippen molar-refractivity contribution in [3.8, 4) is 0 Å². The number of allylic oxidation sites excluding steroid dienone is 2. The molecule has 1 aromatic rings. The molecule has 7 heteroatoms. The molecule has 0 saturated carbocycles. The Kier molecular flexibility index (Phi) is 6.82. The number of nitrogens with one attached hydrogen (secondary N) is 1. The van der Waals surface area contributed by atoms with Crippen molar-refractivity contribution in [3.05, 3.63) is 58.2 Å². The van der Waals surface area contributed by atoms with Gasteiger partial charge in [-0.25, -0.2) is 9.18 Å². The highest BCUT2D eigenvalue weighted by atomic mass is 19.1. The van der Waals surface area contributed by atoms with E-state index in [0.29, 0.717) is 37.3 Å². The first-order valence-corrected chi connectivity index (χ1v) is 9.96. The van der Waals surface area contributed by atoms with Gasteiger partial charge in [0.1, 0.15) is 5.82 Å². The maximum absolute atomic E-state index is 14.8. The van der Waals surface area contributed by atoms with Gasteiger partial charge in [-0.2, -0.15) is 0 Å². The predicted octanol–water partition coefficient (Wildman–Crippen LogP) is 2.56. The van der Waals surface area contributed by atoms with E-state index in [2.05, 4.69) is 5.32 Å². The minimum Gasteiger partial charge on any atom is -0.463 e. The normalized spacial score (nSPS) is 21.7. The fourth-order valence-corrected chi connectivity index (χ4v) is 3.90. The molecule has 0 amide bonds. The van der Waals surface area contributed by atoms with E-state index in [4.69, 9.17) is 15.2 Å². The topological polar surface area (TPSA) is 90.7 Å². The number of ketones is 1. The summed E-state index contributed by atoms with van der Waals surface area (Å²) in [6.45, 7) is 4.47. The van der Waals surface area contributed by atoms with Gasteiger partial charge in [-0.15, -0.1) is 0 Å². The summed E-state index contributed by atoms with van der Waals surface area (Å²) in [5.41, 5.74) is 7.66. The number of hydrogen-bond donors (Lipinski definition) is 2. The molecule has 0 radical (unpaired) electrons. The molecule has 2 unspecified atom stereocenters. The molecule has 1 heterocycles. The minimum absolute atomic E-state index is 0.0734. The van der Waals surface area contributed by atoms with Gasteiger partial charge in [-0.1, -0.05) is 25.1 Å². The fraction of sp³-hybridized carbons (Fsp3) is 0.455. The molecule has 2 aliphatic rings. The largest absolute Gasteiger partial charge is 0.463 e. The monoisotopic (exact) mass is 402 g/mol. The van der Waals surface area contributed by atoms with Crippen LogP contribution in [0.25, 0.3) is 0 Å². The third kappa shape index (κ3) is 4.26. The highest BCUT2D eigenvalue weighted by Gasteiger charge is 2.42. The Labute approximate surface area is 169 Å². The minimum atomic E-state index is -0.835. The molecule has 0 fully saturated rings. The van der Waals surface area contributed by atoms with Crippen LogP contribution in [0.1, 0.15) is 38.2 Å². The van der Waals surface area contributed by atoms with Gasteiger partial charge in [0.05, 0.1) is 37.0 Å². The predicted molar refractivity (Wildman–Crippen MR) is 106 cm³/mol. The van der Waals surface area contributed by atoms with Crippen molar-refractivity contribution in [1.82, 2.24) is 5.32 Å². The zero-order chi connectivity index (χ0) is 21.0. The lowest BCUT2D eigenvalue weighted by molar-refractivity contribution is -0.139. The van der Waals surface area contributed by atoms with Gasteiger partial charge in [0.2, 0.25) is 0 Å². The van der Waals surface area contributed by atoms with E-state index in [9.17, 15) is 14.0 Å². The summed E-state index contributed by atoms with van der Waals surface area (Å²) in [4.78, 5) is 26.0. The van der Waals surface area contributed by atoms with Gasteiger partial charge < -0.3 is 20.5 Å². The Morgan fingerprint density at radius 1 is 1.34 bits per heavy atom. The fourth-order valence-electron chi connectivity index (χ4n) is 3.90. The van der Waals surface area contributed by atoms with Crippen LogP contribution >= 0.6 is 0 Å². The molecule has 2 atom stereocenters. The quantitative estimate of drug-likeness (QED) is 0.538. The summed E-state index contributed by atoms with van der Waals surface area (Å²) in [5.74, 6) is -2.16. The first-order valence-electron chi connectivity index (χ1n) is 9.96. The molecule has 29 heavy (non-hydrogen) atoms. The number of nitrogens with two attached hydrogens (primary N) is 1. The highest BCUT2D eigenvalue weighted by Crippen LogP contribution is 2.44. The molecular weight excluding hydrogens is 375 g/mol. The summed E-state index contributed by atoms with van der Waals surface area (Å²) >= 11 is 0. The van der Waals surface area contributed by atoms with Crippen molar-refractivity contribution in [3.63, 3.8) is 0 Å². The van der Waals surface area contributed by atoms with Crippen LogP contribution in [0.2, 0.25) is 0 Å². The van der Waals surface area contributed by atoms with E-state index < -0.39 is 17.7 Å². The zero-order valence-corrected chi connectivity index (χ0v) is 16.8. The van der Waals surface area contributed by atoms with Crippen LogP contribution in [-0.2, 0) is 19.1 Å². The number of halogens is 1. The highest BCUT2D eigenvalue weighted by molar-refractivity contribution is 6.04. The van der Waals surface area contributed by atoms with Gasteiger partial charge in [-0.3, -0.25) is 4.79 Å². The lowest BCUT2D eigenvalue weighted by Crippen LogP contribution is -2.39. The Balaban J connectivity index is 2.18. The molecule has 1 aliphatic heterocycles. The number of dihydropyridines is 1. The molecule has 156 valence electrons. The second kappa shape index (κ2) is 9.33. The maximum atomic E-state index is 14.8. The Hall–Kier alpha value is -2.51. The summed E-state index contributed by atoms with van der Waals surface area (Å²) in [6.07, 6.45) is 1.34.